The van der Waals surface area contributed by atoms with Crippen LogP contribution in [0.2, 0.25) is 5.02 Å². The van der Waals surface area contributed by atoms with Gasteiger partial charge < -0.3 is 45.4 Å². The number of aromatic nitrogens is 4. The first kappa shape index (κ1) is 51.3. The van der Waals surface area contributed by atoms with Crippen LogP contribution in [-0.2, 0) is 19.1 Å². The third kappa shape index (κ3) is 12.9. The van der Waals surface area contributed by atoms with E-state index in [-0.39, 0.29) is 61.2 Å². The molecular formula is C50H60ClN11O7S2. The summed E-state index contributed by atoms with van der Waals surface area (Å²) in [5.74, 6) is 1.39. The summed E-state index contributed by atoms with van der Waals surface area (Å²) < 4.78 is 11.6. The van der Waals surface area contributed by atoms with Crippen molar-refractivity contribution in [1.29, 1.82) is 0 Å². The van der Waals surface area contributed by atoms with Crippen molar-refractivity contribution in [1.82, 2.24) is 40.4 Å². The van der Waals surface area contributed by atoms with Crippen LogP contribution >= 0.6 is 34.3 Å². The summed E-state index contributed by atoms with van der Waals surface area (Å²) in [6, 6.07) is 12.8. The second-order valence-corrected chi connectivity index (χ2v) is 20.3. The standard InChI is InChI=1S/C50H60ClN11O7S2/c1-30-11-8-16-36(51)43(30)58-47(66)39-27-53-50(71-39)57-40-26-41(55-32(3)54-40)60-19-21-61(22-20-60)42(63)28-68-23-24-69-35-15-9-14-34(25-35)45(64)37-29-70-48(56-37)38-17-10-18-62(38)49(67)44(33-12-6-5-7-13-33)59-46(65)31(2)52-4/h8-9,11,14-16,25-27,29,31,33,38,44,52H,5-7,10,12-13,17-24,28H2,1-4H3,(H,58,66)(H,59,65)(H,53,54,55,57). The number of ketones is 1. The second kappa shape index (κ2) is 23.9. The number of halogens is 1. The molecule has 3 atom stereocenters. The van der Waals surface area contributed by atoms with Gasteiger partial charge in [-0.3, -0.25) is 24.0 Å². The Labute approximate surface area is 426 Å². The van der Waals surface area contributed by atoms with Gasteiger partial charge in [0.05, 0.1) is 35.6 Å². The molecule has 5 heterocycles. The van der Waals surface area contributed by atoms with Crippen molar-refractivity contribution >= 4 is 86.1 Å². The predicted molar refractivity (Wildman–Crippen MR) is 274 cm³/mol. The number of nitrogens with one attached hydrogen (secondary N) is 4. The fourth-order valence-electron chi connectivity index (χ4n) is 9.09. The van der Waals surface area contributed by atoms with E-state index in [1.807, 2.05) is 30.0 Å². The molecule has 2 saturated heterocycles. The Morgan fingerprint density at radius 1 is 0.901 bits per heavy atom. The molecule has 0 bridgehead atoms. The van der Waals surface area contributed by atoms with Gasteiger partial charge in [-0.25, -0.2) is 19.9 Å². The fraction of sp³-hybridized carbons (Fsp3) is 0.460. The van der Waals surface area contributed by atoms with E-state index in [9.17, 15) is 24.0 Å². The number of amides is 4. The number of likely N-dealkylation sites (tertiary alicyclic amines) is 1. The van der Waals surface area contributed by atoms with Crippen LogP contribution in [0, 0.1) is 19.8 Å². The largest absolute Gasteiger partial charge is 0.491 e. The molecule has 4 amide bonds. The molecule has 21 heteroatoms. The van der Waals surface area contributed by atoms with Gasteiger partial charge in [0.15, 0.2) is 5.13 Å². The molecule has 5 aromatic rings. The van der Waals surface area contributed by atoms with E-state index in [2.05, 4.69) is 41.1 Å². The van der Waals surface area contributed by atoms with Crippen molar-refractivity contribution in [2.24, 2.45) is 5.92 Å². The minimum atomic E-state index is -0.598. The lowest BCUT2D eigenvalue weighted by Crippen LogP contribution is -2.55. The number of piperazine rings is 1. The Balaban J connectivity index is 0.772. The fourth-order valence-corrected chi connectivity index (χ4v) is 11.0. The number of carbonyl (C=O) groups excluding carboxylic acids is 5. The van der Waals surface area contributed by atoms with Crippen molar-refractivity contribution in [3.63, 3.8) is 0 Å². The number of ether oxygens (including phenoxy) is 2. The number of nitrogens with zero attached hydrogens (tertiary/aromatic N) is 7. The van der Waals surface area contributed by atoms with Crippen molar-refractivity contribution in [3.05, 3.63) is 97.7 Å². The molecule has 0 radical (unpaired) electrons. The highest BCUT2D eigenvalue weighted by molar-refractivity contribution is 7.17. The normalized spacial score (nSPS) is 17.1. The number of anilines is 4. The monoisotopic (exact) mass is 1030 g/mol. The summed E-state index contributed by atoms with van der Waals surface area (Å²) in [5, 5.41) is 15.5. The van der Waals surface area contributed by atoms with Gasteiger partial charge in [0.1, 0.15) is 58.0 Å². The molecule has 2 aromatic carbocycles. The first-order valence-corrected chi connectivity index (χ1v) is 26.2. The molecule has 18 nitrogen and oxygen atoms in total. The molecule has 4 N–H and O–H groups in total. The van der Waals surface area contributed by atoms with Crippen LogP contribution in [0.3, 0.4) is 0 Å². The van der Waals surface area contributed by atoms with Crippen molar-refractivity contribution in [2.45, 2.75) is 83.8 Å². The lowest BCUT2D eigenvalue weighted by Gasteiger charge is -2.35. The quantitative estimate of drug-likeness (QED) is 0.0486. The van der Waals surface area contributed by atoms with Crippen LogP contribution in [0.15, 0.2) is 60.1 Å². The highest BCUT2D eigenvalue weighted by atomic mass is 35.5. The van der Waals surface area contributed by atoms with E-state index in [1.165, 1.54) is 28.9 Å². The first-order valence-electron chi connectivity index (χ1n) is 24.1. The SMILES string of the molecule is CNC(C)C(=O)NC(C(=O)N1CCCC1c1nc(C(=O)c2cccc(OCCOCC(=O)N3CCN(c4cc(Nc5ncc(C(=O)Nc6c(C)cccc6Cl)s5)nc(C)n4)CC3)c2)cs1)C1CCCCC1. The van der Waals surface area contributed by atoms with E-state index in [4.69, 9.17) is 26.1 Å². The maximum atomic E-state index is 14.2. The number of benzene rings is 2. The Bertz CT molecular complexity index is 2680. The topological polar surface area (TPSA) is 213 Å². The molecule has 376 valence electrons. The van der Waals surface area contributed by atoms with Gasteiger partial charge >= 0.3 is 0 Å². The Kier molecular flexibility index (Phi) is 17.3. The minimum absolute atomic E-state index is 0.0747. The number of rotatable bonds is 19. The maximum absolute atomic E-state index is 14.2. The summed E-state index contributed by atoms with van der Waals surface area (Å²) >= 11 is 8.86. The molecule has 3 aliphatic rings. The van der Waals surface area contributed by atoms with Crippen LogP contribution < -0.4 is 30.9 Å². The molecule has 1 aliphatic carbocycles. The van der Waals surface area contributed by atoms with Crippen LogP contribution in [0.4, 0.5) is 22.5 Å². The first-order chi connectivity index (χ1) is 34.3. The van der Waals surface area contributed by atoms with Crippen molar-refractivity contribution < 1.29 is 33.4 Å². The zero-order chi connectivity index (χ0) is 50.0. The highest BCUT2D eigenvalue weighted by Crippen LogP contribution is 2.37. The maximum Gasteiger partial charge on any atom is 0.267 e. The summed E-state index contributed by atoms with van der Waals surface area (Å²) in [4.78, 5) is 91.4. The van der Waals surface area contributed by atoms with Crippen LogP contribution in [0.1, 0.15) is 100 Å². The van der Waals surface area contributed by atoms with E-state index in [0.717, 1.165) is 50.5 Å². The Morgan fingerprint density at radius 2 is 1.69 bits per heavy atom. The lowest BCUT2D eigenvalue weighted by molar-refractivity contribution is -0.139. The predicted octanol–water partition coefficient (Wildman–Crippen LogP) is 6.97. The molecule has 0 spiro atoms. The van der Waals surface area contributed by atoms with Crippen LogP contribution in [0.25, 0.3) is 0 Å². The average molecular weight is 1030 g/mol. The number of hydrogen-bond donors (Lipinski definition) is 4. The third-order valence-electron chi connectivity index (χ3n) is 13.1. The molecule has 2 aliphatic heterocycles. The third-order valence-corrected chi connectivity index (χ3v) is 15.3. The van der Waals surface area contributed by atoms with Crippen LogP contribution in [-0.4, -0.2) is 131 Å². The van der Waals surface area contributed by atoms with Crippen LogP contribution in [0.5, 0.6) is 5.75 Å². The molecule has 8 rings (SSSR count). The minimum Gasteiger partial charge on any atom is -0.491 e. The molecule has 3 aromatic heterocycles. The smallest absolute Gasteiger partial charge is 0.267 e. The van der Waals surface area contributed by atoms with Gasteiger partial charge in [0.2, 0.25) is 23.5 Å². The number of aryl methyl sites for hydroxylation is 2. The second-order valence-electron chi connectivity index (χ2n) is 18.0. The van der Waals surface area contributed by atoms with Gasteiger partial charge in [0, 0.05) is 49.7 Å². The highest BCUT2D eigenvalue weighted by Gasteiger charge is 2.40. The lowest BCUT2D eigenvalue weighted by atomic mass is 9.83. The summed E-state index contributed by atoms with van der Waals surface area (Å²) in [5.41, 5.74) is 2.12. The van der Waals surface area contributed by atoms with Gasteiger partial charge in [-0.05, 0) is 83.2 Å². The van der Waals surface area contributed by atoms with Crippen molar-refractivity contribution in [3.8, 4) is 5.75 Å². The zero-order valence-corrected chi connectivity index (χ0v) is 42.8. The zero-order valence-electron chi connectivity index (χ0n) is 40.4. The van der Waals surface area contributed by atoms with Gasteiger partial charge in [0.25, 0.3) is 5.91 Å². The number of para-hydroxylation sites is 1. The number of hydrogen-bond acceptors (Lipinski definition) is 16. The Hall–Kier alpha value is -6.06. The van der Waals surface area contributed by atoms with Gasteiger partial charge in [-0.1, -0.05) is 66.5 Å². The number of carbonyl (C=O) groups is 5. The number of thiazole rings is 2. The van der Waals surface area contributed by atoms with E-state index in [0.29, 0.717) is 92.9 Å². The van der Waals surface area contributed by atoms with Crippen molar-refractivity contribution in [2.75, 3.05) is 75.1 Å². The van der Waals surface area contributed by atoms with E-state index < -0.39 is 12.1 Å². The Morgan fingerprint density at radius 3 is 2.46 bits per heavy atom. The van der Waals surface area contributed by atoms with E-state index in [1.54, 1.807) is 61.5 Å². The molecular weight excluding hydrogens is 966 g/mol. The molecule has 3 fully saturated rings. The summed E-state index contributed by atoms with van der Waals surface area (Å²) in [6.07, 6.45) is 8.07. The van der Waals surface area contributed by atoms with E-state index >= 15 is 0 Å². The summed E-state index contributed by atoms with van der Waals surface area (Å²) in [7, 11) is 1.73. The van der Waals surface area contributed by atoms with Gasteiger partial charge in [-0.2, -0.15) is 0 Å². The summed E-state index contributed by atoms with van der Waals surface area (Å²) in [6.45, 7) is 8.35. The molecule has 71 heavy (non-hydrogen) atoms. The average Bonchev–Trinajstić information content (AvgIpc) is 4.19. The van der Waals surface area contributed by atoms with Gasteiger partial charge in [-0.15, -0.1) is 11.3 Å². The number of likely N-dealkylation sites (N-methyl/N-ethyl adjacent to an activating group) is 1. The molecule has 3 unspecified atom stereocenters. The molecule has 1 saturated carbocycles.